The molecule has 0 aliphatic carbocycles. The molecule has 1 heterocycles. The molecule has 1 saturated heterocycles. The highest BCUT2D eigenvalue weighted by Crippen LogP contribution is 2.40. The van der Waals surface area contributed by atoms with Crippen molar-refractivity contribution in [3.8, 4) is 5.75 Å². The van der Waals surface area contributed by atoms with E-state index in [1.54, 1.807) is 13.2 Å². The largest absolute Gasteiger partial charge is 0.496 e. The standard InChI is InChI=1S/C20H21BrFNO3/c1-26-18-9-8-14(22)11-16(18)19(15-6-2-3-7-17(15)21)23-10-4-5-13(12-23)20(24)25/h2-3,6-9,11,13,19H,4-5,10,12H2,1H3,(H,24,25). The van der Waals surface area contributed by atoms with E-state index in [4.69, 9.17) is 4.74 Å². The second-order valence-electron chi connectivity index (χ2n) is 6.48. The molecular formula is C20H21BrFNO3. The highest BCUT2D eigenvalue weighted by atomic mass is 79.9. The number of benzene rings is 2. The number of halogens is 2. The van der Waals surface area contributed by atoms with Crippen LogP contribution in [0, 0.1) is 11.7 Å². The lowest BCUT2D eigenvalue weighted by Gasteiger charge is -2.38. The Morgan fingerprint density at radius 1 is 1.31 bits per heavy atom. The van der Waals surface area contributed by atoms with Crippen LogP contribution in [0.15, 0.2) is 46.9 Å². The molecule has 2 aromatic rings. The Labute approximate surface area is 160 Å². The number of carboxylic acid groups (broad SMARTS) is 1. The smallest absolute Gasteiger partial charge is 0.307 e. The fraction of sp³-hybridized carbons (Fsp3) is 0.350. The minimum atomic E-state index is -0.785. The minimum Gasteiger partial charge on any atom is -0.496 e. The van der Waals surface area contributed by atoms with Crippen LogP contribution in [0.2, 0.25) is 0 Å². The zero-order valence-electron chi connectivity index (χ0n) is 14.5. The third kappa shape index (κ3) is 3.91. The van der Waals surface area contributed by atoms with Crippen molar-refractivity contribution in [2.24, 2.45) is 5.92 Å². The highest BCUT2D eigenvalue weighted by Gasteiger charge is 2.33. The molecule has 138 valence electrons. The van der Waals surface area contributed by atoms with E-state index in [1.165, 1.54) is 12.1 Å². The van der Waals surface area contributed by atoms with E-state index in [1.807, 2.05) is 24.3 Å². The Morgan fingerprint density at radius 2 is 2.08 bits per heavy atom. The van der Waals surface area contributed by atoms with Gasteiger partial charge in [-0.25, -0.2) is 4.39 Å². The molecule has 2 aromatic carbocycles. The molecule has 0 saturated carbocycles. The third-order valence-electron chi connectivity index (χ3n) is 4.85. The van der Waals surface area contributed by atoms with Crippen LogP contribution in [0.1, 0.15) is 30.0 Å². The van der Waals surface area contributed by atoms with E-state index in [0.29, 0.717) is 24.3 Å². The van der Waals surface area contributed by atoms with Gasteiger partial charge in [-0.2, -0.15) is 0 Å². The van der Waals surface area contributed by atoms with Gasteiger partial charge in [-0.3, -0.25) is 9.69 Å². The van der Waals surface area contributed by atoms with Gasteiger partial charge in [-0.05, 0) is 49.2 Å². The van der Waals surface area contributed by atoms with E-state index in [-0.39, 0.29) is 11.9 Å². The average Bonchev–Trinajstić information content (AvgIpc) is 2.64. The number of nitrogens with zero attached hydrogens (tertiary/aromatic N) is 1. The summed E-state index contributed by atoms with van der Waals surface area (Å²) < 4.78 is 20.4. The number of ether oxygens (including phenoxy) is 1. The summed E-state index contributed by atoms with van der Waals surface area (Å²) in [6, 6.07) is 11.9. The van der Waals surface area contributed by atoms with Gasteiger partial charge in [-0.15, -0.1) is 0 Å². The zero-order valence-corrected chi connectivity index (χ0v) is 16.1. The molecule has 1 fully saturated rings. The molecular weight excluding hydrogens is 401 g/mol. The summed E-state index contributed by atoms with van der Waals surface area (Å²) in [5.41, 5.74) is 1.66. The van der Waals surface area contributed by atoms with Crippen LogP contribution < -0.4 is 4.74 Å². The van der Waals surface area contributed by atoms with Gasteiger partial charge in [0.15, 0.2) is 0 Å². The van der Waals surface area contributed by atoms with E-state index < -0.39 is 11.9 Å². The molecule has 26 heavy (non-hydrogen) atoms. The lowest BCUT2D eigenvalue weighted by atomic mass is 9.91. The molecule has 2 unspecified atom stereocenters. The molecule has 1 aliphatic rings. The second-order valence-corrected chi connectivity index (χ2v) is 7.34. The first kappa shape index (κ1) is 18.9. The Morgan fingerprint density at radius 3 is 2.77 bits per heavy atom. The summed E-state index contributed by atoms with van der Waals surface area (Å²) in [5.74, 6) is -0.964. The number of likely N-dealkylation sites (tertiary alicyclic amines) is 1. The summed E-state index contributed by atoms with van der Waals surface area (Å²) >= 11 is 3.59. The first-order chi connectivity index (χ1) is 12.5. The molecule has 3 rings (SSSR count). The van der Waals surface area contributed by atoms with Crippen LogP contribution in [0.3, 0.4) is 0 Å². The monoisotopic (exact) mass is 421 g/mol. The van der Waals surface area contributed by atoms with E-state index in [9.17, 15) is 14.3 Å². The number of aliphatic carboxylic acids is 1. The van der Waals surface area contributed by atoms with Crippen molar-refractivity contribution in [1.82, 2.24) is 4.90 Å². The molecule has 0 spiro atoms. The number of carbonyl (C=O) groups is 1. The van der Waals surface area contributed by atoms with Crippen LogP contribution in [0.5, 0.6) is 5.75 Å². The van der Waals surface area contributed by atoms with Gasteiger partial charge in [0.2, 0.25) is 0 Å². The quantitative estimate of drug-likeness (QED) is 0.772. The summed E-state index contributed by atoms with van der Waals surface area (Å²) in [4.78, 5) is 13.6. The molecule has 6 heteroatoms. The SMILES string of the molecule is COc1ccc(F)cc1C(c1ccccc1Br)N1CCCC(C(=O)O)C1. The molecule has 1 N–H and O–H groups in total. The van der Waals surface area contributed by atoms with Crippen molar-refractivity contribution in [2.45, 2.75) is 18.9 Å². The van der Waals surface area contributed by atoms with E-state index >= 15 is 0 Å². The molecule has 0 aromatic heterocycles. The Bertz CT molecular complexity index is 798. The molecule has 0 radical (unpaired) electrons. The second kappa shape index (κ2) is 8.18. The summed E-state index contributed by atoms with van der Waals surface area (Å²) in [7, 11) is 1.56. The number of rotatable bonds is 5. The van der Waals surface area contributed by atoms with Crippen molar-refractivity contribution >= 4 is 21.9 Å². The maximum Gasteiger partial charge on any atom is 0.307 e. The summed E-state index contributed by atoms with van der Waals surface area (Å²) in [5, 5.41) is 9.46. The molecule has 4 nitrogen and oxygen atoms in total. The first-order valence-electron chi connectivity index (χ1n) is 8.56. The van der Waals surface area contributed by atoms with Crippen molar-refractivity contribution in [3.63, 3.8) is 0 Å². The van der Waals surface area contributed by atoms with E-state index in [0.717, 1.165) is 23.0 Å². The van der Waals surface area contributed by atoms with Crippen LogP contribution in [-0.2, 0) is 4.79 Å². The Hall–Kier alpha value is -1.92. The summed E-state index contributed by atoms with van der Waals surface area (Å²) in [6.45, 7) is 1.16. The lowest BCUT2D eigenvalue weighted by Crippen LogP contribution is -2.41. The molecule has 2 atom stereocenters. The van der Waals surface area contributed by atoms with Crippen LogP contribution >= 0.6 is 15.9 Å². The van der Waals surface area contributed by atoms with Crippen LogP contribution in [0.4, 0.5) is 4.39 Å². The molecule has 0 amide bonds. The van der Waals surface area contributed by atoms with Gasteiger partial charge in [0.25, 0.3) is 0 Å². The van der Waals surface area contributed by atoms with Gasteiger partial charge in [0.05, 0.1) is 19.1 Å². The predicted molar refractivity (Wildman–Crippen MR) is 101 cm³/mol. The van der Waals surface area contributed by atoms with Crippen LogP contribution in [-0.4, -0.2) is 36.2 Å². The van der Waals surface area contributed by atoms with Gasteiger partial charge < -0.3 is 9.84 Å². The van der Waals surface area contributed by atoms with E-state index in [2.05, 4.69) is 20.8 Å². The first-order valence-corrected chi connectivity index (χ1v) is 9.35. The van der Waals surface area contributed by atoms with Crippen molar-refractivity contribution < 1.29 is 19.0 Å². The maximum atomic E-state index is 14.1. The zero-order chi connectivity index (χ0) is 18.7. The fourth-order valence-electron chi connectivity index (χ4n) is 3.62. The number of piperidine rings is 1. The maximum absolute atomic E-state index is 14.1. The summed E-state index contributed by atoms with van der Waals surface area (Å²) in [6.07, 6.45) is 1.45. The fourth-order valence-corrected chi connectivity index (χ4v) is 4.12. The van der Waals surface area contributed by atoms with Crippen molar-refractivity contribution in [3.05, 3.63) is 63.9 Å². The third-order valence-corrected chi connectivity index (χ3v) is 5.58. The molecule has 1 aliphatic heterocycles. The normalized spacial score (nSPS) is 19.1. The number of carboxylic acids is 1. The average molecular weight is 422 g/mol. The predicted octanol–water partition coefficient (Wildman–Crippen LogP) is 4.48. The van der Waals surface area contributed by atoms with Crippen molar-refractivity contribution in [1.29, 1.82) is 0 Å². The Balaban J connectivity index is 2.10. The van der Waals surface area contributed by atoms with Gasteiger partial charge in [0, 0.05) is 16.6 Å². The highest BCUT2D eigenvalue weighted by molar-refractivity contribution is 9.10. The van der Waals surface area contributed by atoms with Crippen LogP contribution in [0.25, 0.3) is 0 Å². The lowest BCUT2D eigenvalue weighted by molar-refractivity contribution is -0.143. The minimum absolute atomic E-state index is 0.293. The van der Waals surface area contributed by atoms with Gasteiger partial charge in [-0.1, -0.05) is 34.1 Å². The van der Waals surface area contributed by atoms with Gasteiger partial charge >= 0.3 is 5.97 Å². The van der Waals surface area contributed by atoms with Crippen molar-refractivity contribution in [2.75, 3.05) is 20.2 Å². The van der Waals surface area contributed by atoms with Gasteiger partial charge in [0.1, 0.15) is 11.6 Å². The number of hydrogen-bond donors (Lipinski definition) is 1. The Kier molecular flexibility index (Phi) is 5.94. The number of hydrogen-bond acceptors (Lipinski definition) is 3. The molecule has 0 bridgehead atoms. The topological polar surface area (TPSA) is 49.8 Å². The number of methoxy groups -OCH3 is 1.